The van der Waals surface area contributed by atoms with Crippen LogP contribution in [-0.4, -0.2) is 19.3 Å². The quantitative estimate of drug-likeness (QED) is 0.667. The van der Waals surface area contributed by atoms with Gasteiger partial charge in [0.2, 0.25) is 0 Å². The van der Waals surface area contributed by atoms with E-state index in [9.17, 15) is 0 Å². The van der Waals surface area contributed by atoms with Crippen LogP contribution in [0, 0.1) is 11.7 Å². The Morgan fingerprint density at radius 3 is 2.85 bits per heavy atom. The number of rotatable bonds is 2. The zero-order valence-corrected chi connectivity index (χ0v) is 14.1. The molecule has 0 spiro atoms. The lowest BCUT2D eigenvalue weighted by atomic mass is 10.3. The van der Waals surface area contributed by atoms with Crippen molar-refractivity contribution in [1.82, 2.24) is 19.3 Å². The van der Waals surface area contributed by atoms with E-state index in [-0.39, 0.29) is 0 Å². The van der Waals surface area contributed by atoms with Crippen molar-refractivity contribution in [3.8, 4) is 5.69 Å². The first-order valence-corrected chi connectivity index (χ1v) is 7.74. The molecular weight excluding hydrogens is 360 g/mol. The fourth-order valence-corrected chi connectivity index (χ4v) is 3.00. The van der Waals surface area contributed by atoms with Crippen molar-refractivity contribution in [1.29, 1.82) is 0 Å². The van der Waals surface area contributed by atoms with Crippen LogP contribution in [0.4, 0.5) is 0 Å². The molecule has 0 amide bonds. The molecule has 0 saturated heterocycles. The summed E-state index contributed by atoms with van der Waals surface area (Å²) in [5.74, 6) is 0. The van der Waals surface area contributed by atoms with Gasteiger partial charge in [-0.1, -0.05) is 11.6 Å². The Labute approximate surface area is 134 Å². The lowest BCUT2D eigenvalue weighted by molar-refractivity contribution is 0.662. The maximum absolute atomic E-state index is 6.19. The number of halogens is 2. The number of aromatic nitrogens is 4. The first kappa shape index (κ1) is 13.9. The SMILES string of the molecule is CCn1nc(C)c2[nH]c(=S)n(-c3ccc(Br)c(Cl)c3)c21. The molecule has 0 radical (unpaired) electrons. The molecule has 4 nitrogen and oxygen atoms in total. The van der Waals surface area contributed by atoms with E-state index in [0.717, 1.165) is 33.6 Å². The third-order valence-electron chi connectivity index (χ3n) is 3.21. The van der Waals surface area contributed by atoms with Crippen LogP contribution in [0.2, 0.25) is 5.02 Å². The second-order valence-corrected chi connectivity index (χ2v) is 6.11. The van der Waals surface area contributed by atoms with E-state index < -0.39 is 0 Å². The highest BCUT2D eigenvalue weighted by Crippen LogP contribution is 2.28. The molecule has 0 unspecified atom stereocenters. The van der Waals surface area contributed by atoms with E-state index in [1.807, 2.05) is 34.4 Å². The largest absolute Gasteiger partial charge is 0.327 e. The number of hydrogen-bond acceptors (Lipinski definition) is 2. The van der Waals surface area contributed by atoms with Gasteiger partial charge in [0.05, 0.1) is 16.4 Å². The molecule has 1 aromatic carbocycles. The van der Waals surface area contributed by atoms with Crippen molar-refractivity contribution < 1.29 is 0 Å². The van der Waals surface area contributed by atoms with Crippen molar-refractivity contribution >= 4 is 50.9 Å². The molecule has 2 aromatic heterocycles. The van der Waals surface area contributed by atoms with Gasteiger partial charge in [0.15, 0.2) is 10.4 Å². The maximum atomic E-state index is 6.19. The minimum Gasteiger partial charge on any atom is -0.327 e. The number of benzene rings is 1. The molecule has 20 heavy (non-hydrogen) atoms. The summed E-state index contributed by atoms with van der Waals surface area (Å²) < 4.78 is 5.40. The predicted molar refractivity (Wildman–Crippen MR) is 87.4 cm³/mol. The second kappa shape index (κ2) is 5.02. The third-order valence-corrected chi connectivity index (χ3v) is 4.73. The summed E-state index contributed by atoms with van der Waals surface area (Å²) in [4.78, 5) is 3.22. The lowest BCUT2D eigenvalue weighted by Gasteiger charge is -2.07. The Hall–Kier alpha value is -1.11. The van der Waals surface area contributed by atoms with Crippen molar-refractivity contribution in [2.75, 3.05) is 0 Å². The minimum atomic E-state index is 0.640. The van der Waals surface area contributed by atoms with E-state index in [0.29, 0.717) is 9.79 Å². The monoisotopic (exact) mass is 370 g/mol. The van der Waals surface area contributed by atoms with Crippen LogP contribution in [0.3, 0.4) is 0 Å². The number of aryl methyl sites for hydroxylation is 2. The second-order valence-electron chi connectivity index (χ2n) is 4.46. The Morgan fingerprint density at radius 1 is 1.45 bits per heavy atom. The Bertz CT molecular complexity index is 861. The summed E-state index contributed by atoms with van der Waals surface area (Å²) in [6.07, 6.45) is 0. The van der Waals surface area contributed by atoms with Gasteiger partial charge in [-0.05, 0) is 60.2 Å². The molecule has 0 saturated carbocycles. The van der Waals surface area contributed by atoms with Crippen LogP contribution in [0.25, 0.3) is 16.9 Å². The molecule has 0 fully saturated rings. The molecule has 0 atom stereocenters. The number of hydrogen-bond donors (Lipinski definition) is 1. The van der Waals surface area contributed by atoms with Gasteiger partial charge in [-0.15, -0.1) is 0 Å². The van der Waals surface area contributed by atoms with E-state index in [4.69, 9.17) is 23.8 Å². The van der Waals surface area contributed by atoms with Crippen LogP contribution in [0.5, 0.6) is 0 Å². The molecule has 0 aliphatic heterocycles. The zero-order chi connectivity index (χ0) is 14.4. The summed E-state index contributed by atoms with van der Waals surface area (Å²) in [6, 6.07) is 5.77. The number of fused-ring (bicyclic) bond motifs is 1. The maximum Gasteiger partial charge on any atom is 0.184 e. The van der Waals surface area contributed by atoms with Gasteiger partial charge >= 0.3 is 0 Å². The van der Waals surface area contributed by atoms with Gasteiger partial charge < -0.3 is 4.98 Å². The first-order valence-electron chi connectivity index (χ1n) is 6.16. The van der Waals surface area contributed by atoms with E-state index in [1.54, 1.807) is 0 Å². The fourth-order valence-electron chi connectivity index (χ4n) is 2.29. The van der Waals surface area contributed by atoms with Crippen LogP contribution in [-0.2, 0) is 6.54 Å². The van der Waals surface area contributed by atoms with Gasteiger partial charge in [-0.25, -0.2) is 4.68 Å². The summed E-state index contributed by atoms with van der Waals surface area (Å²) in [5.41, 5.74) is 3.79. The van der Waals surface area contributed by atoms with Crippen molar-refractivity contribution in [2.24, 2.45) is 0 Å². The minimum absolute atomic E-state index is 0.640. The molecule has 0 bridgehead atoms. The van der Waals surface area contributed by atoms with Gasteiger partial charge in [-0.3, -0.25) is 4.57 Å². The van der Waals surface area contributed by atoms with Gasteiger partial charge in [-0.2, -0.15) is 5.10 Å². The summed E-state index contributed by atoms with van der Waals surface area (Å²) >= 11 is 15.0. The van der Waals surface area contributed by atoms with E-state index in [2.05, 4.69) is 32.9 Å². The smallest absolute Gasteiger partial charge is 0.184 e. The van der Waals surface area contributed by atoms with Crippen molar-refractivity contribution in [3.63, 3.8) is 0 Å². The van der Waals surface area contributed by atoms with Crippen molar-refractivity contribution in [2.45, 2.75) is 20.4 Å². The summed E-state index contributed by atoms with van der Waals surface area (Å²) in [5, 5.41) is 5.16. The third kappa shape index (κ3) is 2.03. The summed E-state index contributed by atoms with van der Waals surface area (Å²) in [6.45, 7) is 4.81. The highest BCUT2D eigenvalue weighted by Gasteiger charge is 2.15. The Kier molecular flexibility index (Phi) is 3.48. The normalized spacial score (nSPS) is 11.4. The van der Waals surface area contributed by atoms with Crippen LogP contribution < -0.4 is 0 Å². The number of nitrogens with zero attached hydrogens (tertiary/aromatic N) is 3. The first-order chi connectivity index (χ1) is 9.52. The molecule has 3 aromatic rings. The Morgan fingerprint density at radius 2 is 2.20 bits per heavy atom. The molecule has 7 heteroatoms. The van der Waals surface area contributed by atoms with Gasteiger partial charge in [0.1, 0.15) is 5.52 Å². The van der Waals surface area contributed by atoms with Gasteiger partial charge in [0, 0.05) is 11.0 Å². The number of imidazole rings is 1. The highest BCUT2D eigenvalue weighted by molar-refractivity contribution is 9.10. The van der Waals surface area contributed by atoms with Crippen molar-refractivity contribution in [3.05, 3.63) is 38.2 Å². The standard InChI is InChI=1S/C13H12BrClN4S/c1-3-18-12-11(7(2)17-18)16-13(20)19(12)8-4-5-9(14)10(15)6-8/h4-6H,3H2,1-2H3,(H,16,20). The average Bonchev–Trinajstić information content (AvgIpc) is 2.90. The Balaban J connectivity index is 2.37. The number of nitrogens with one attached hydrogen (secondary N) is 1. The molecule has 104 valence electrons. The number of H-pyrrole nitrogens is 1. The molecule has 0 aliphatic rings. The number of aromatic amines is 1. The van der Waals surface area contributed by atoms with Crippen LogP contribution in [0.15, 0.2) is 22.7 Å². The topological polar surface area (TPSA) is 38.5 Å². The fraction of sp³-hybridized carbons (Fsp3) is 0.231. The van der Waals surface area contributed by atoms with Crippen LogP contribution in [0.1, 0.15) is 12.6 Å². The molecule has 0 aliphatic carbocycles. The van der Waals surface area contributed by atoms with Crippen LogP contribution >= 0.6 is 39.7 Å². The summed E-state index contributed by atoms with van der Waals surface area (Å²) in [7, 11) is 0. The molecular formula is C13H12BrClN4S. The van der Waals surface area contributed by atoms with E-state index >= 15 is 0 Å². The molecule has 3 rings (SSSR count). The molecule has 2 heterocycles. The lowest BCUT2D eigenvalue weighted by Crippen LogP contribution is -2.03. The zero-order valence-electron chi connectivity index (χ0n) is 10.9. The highest BCUT2D eigenvalue weighted by atomic mass is 79.9. The van der Waals surface area contributed by atoms with Gasteiger partial charge in [0.25, 0.3) is 0 Å². The predicted octanol–water partition coefficient (Wildman–Crippen LogP) is 4.63. The molecule has 1 N–H and O–H groups in total. The van der Waals surface area contributed by atoms with E-state index in [1.165, 1.54) is 0 Å². The average molecular weight is 372 g/mol.